The van der Waals surface area contributed by atoms with Crippen molar-refractivity contribution < 1.29 is 13.6 Å². The number of carbonyl (C=O) groups is 1. The molecule has 0 aromatic heterocycles. The fraction of sp³-hybridized carbons (Fsp3) is 0.562. The second-order valence-electron chi connectivity index (χ2n) is 6.08. The molecule has 1 aliphatic carbocycles. The van der Waals surface area contributed by atoms with Gasteiger partial charge in [-0.2, -0.15) is 0 Å². The lowest BCUT2D eigenvalue weighted by atomic mass is 9.99. The summed E-state index contributed by atoms with van der Waals surface area (Å²) in [4.78, 5) is 12.1. The van der Waals surface area contributed by atoms with Gasteiger partial charge in [-0.15, -0.1) is 0 Å². The van der Waals surface area contributed by atoms with Crippen molar-refractivity contribution in [1.82, 2.24) is 10.6 Å². The van der Waals surface area contributed by atoms with Gasteiger partial charge in [0.15, 0.2) is 11.6 Å². The largest absolute Gasteiger partial charge is 0.356 e. The van der Waals surface area contributed by atoms with E-state index in [1.807, 2.05) is 0 Å². The Hall–Kier alpha value is -1.49. The van der Waals surface area contributed by atoms with Crippen molar-refractivity contribution in [3.63, 3.8) is 0 Å². The number of nitrogens with one attached hydrogen (secondary N) is 2. The third-order valence-electron chi connectivity index (χ3n) is 4.46. The molecule has 1 saturated heterocycles. The fourth-order valence-electron chi connectivity index (χ4n) is 3.07. The first-order chi connectivity index (χ1) is 10.1. The molecule has 1 amide bonds. The molecule has 3 atom stereocenters. The normalized spacial score (nSPS) is 28.2. The lowest BCUT2D eigenvalue weighted by molar-refractivity contribution is -0.122. The number of amides is 1. The molecule has 0 spiro atoms. The molecular formula is C16H20F2N2O. The van der Waals surface area contributed by atoms with E-state index in [-0.39, 0.29) is 17.7 Å². The third kappa shape index (κ3) is 3.40. The number of hydrogen-bond acceptors (Lipinski definition) is 2. The van der Waals surface area contributed by atoms with Crippen LogP contribution in [-0.2, 0) is 4.79 Å². The van der Waals surface area contributed by atoms with E-state index < -0.39 is 11.6 Å². The Morgan fingerprint density at radius 1 is 1.33 bits per heavy atom. The highest BCUT2D eigenvalue weighted by atomic mass is 19.2. The summed E-state index contributed by atoms with van der Waals surface area (Å²) in [6, 6.07) is 3.91. The van der Waals surface area contributed by atoms with Crippen molar-refractivity contribution in [3.8, 4) is 0 Å². The number of carbonyl (C=O) groups excluding carboxylic acids is 1. The van der Waals surface area contributed by atoms with E-state index in [0.29, 0.717) is 18.0 Å². The molecule has 2 N–H and O–H groups in total. The van der Waals surface area contributed by atoms with Crippen LogP contribution < -0.4 is 10.6 Å². The molecule has 3 rings (SSSR count). The van der Waals surface area contributed by atoms with E-state index in [1.165, 1.54) is 6.07 Å². The van der Waals surface area contributed by atoms with Crippen LogP contribution >= 0.6 is 0 Å². The topological polar surface area (TPSA) is 41.1 Å². The molecule has 0 radical (unpaired) electrons. The van der Waals surface area contributed by atoms with Crippen LogP contribution in [-0.4, -0.2) is 25.5 Å². The van der Waals surface area contributed by atoms with E-state index in [0.717, 1.165) is 38.4 Å². The van der Waals surface area contributed by atoms with E-state index in [9.17, 15) is 13.6 Å². The molecule has 1 aromatic carbocycles. The van der Waals surface area contributed by atoms with Gasteiger partial charge in [0.2, 0.25) is 5.91 Å². The van der Waals surface area contributed by atoms with Gasteiger partial charge in [-0.25, -0.2) is 8.78 Å². The van der Waals surface area contributed by atoms with Gasteiger partial charge in [0.05, 0.1) is 0 Å². The van der Waals surface area contributed by atoms with Gasteiger partial charge >= 0.3 is 0 Å². The smallest absolute Gasteiger partial charge is 0.223 e. The van der Waals surface area contributed by atoms with Crippen molar-refractivity contribution in [2.24, 2.45) is 11.8 Å². The van der Waals surface area contributed by atoms with Crippen LogP contribution in [0.2, 0.25) is 0 Å². The summed E-state index contributed by atoms with van der Waals surface area (Å²) in [6.07, 6.45) is 3.02. The quantitative estimate of drug-likeness (QED) is 0.893. The molecule has 1 aliphatic heterocycles. The van der Waals surface area contributed by atoms with E-state index in [1.54, 1.807) is 6.07 Å². The third-order valence-corrected chi connectivity index (χ3v) is 4.46. The van der Waals surface area contributed by atoms with Gasteiger partial charge in [-0.1, -0.05) is 6.07 Å². The molecule has 1 aromatic rings. The van der Waals surface area contributed by atoms with Crippen molar-refractivity contribution >= 4 is 5.91 Å². The Bertz CT molecular complexity index is 529. The Morgan fingerprint density at radius 2 is 2.19 bits per heavy atom. The molecule has 1 saturated carbocycles. The fourth-order valence-corrected chi connectivity index (χ4v) is 3.07. The van der Waals surface area contributed by atoms with Crippen LogP contribution in [0.15, 0.2) is 18.2 Å². The second-order valence-corrected chi connectivity index (χ2v) is 6.08. The zero-order chi connectivity index (χ0) is 14.8. The minimum Gasteiger partial charge on any atom is -0.356 e. The van der Waals surface area contributed by atoms with Gasteiger partial charge < -0.3 is 10.6 Å². The SMILES string of the molecule is O=C(NCC1CCCNC1)C1CC1c1ccc(F)c(F)c1. The van der Waals surface area contributed by atoms with Crippen molar-refractivity contribution in [1.29, 1.82) is 0 Å². The molecule has 2 aliphatic rings. The monoisotopic (exact) mass is 294 g/mol. The summed E-state index contributed by atoms with van der Waals surface area (Å²) in [6.45, 7) is 2.72. The van der Waals surface area contributed by atoms with Crippen molar-refractivity contribution in [2.75, 3.05) is 19.6 Å². The summed E-state index contributed by atoms with van der Waals surface area (Å²) < 4.78 is 26.1. The van der Waals surface area contributed by atoms with Crippen molar-refractivity contribution in [2.45, 2.75) is 25.2 Å². The van der Waals surface area contributed by atoms with E-state index in [2.05, 4.69) is 10.6 Å². The van der Waals surface area contributed by atoms with Gasteiger partial charge in [0.1, 0.15) is 0 Å². The molecular weight excluding hydrogens is 274 g/mol. The van der Waals surface area contributed by atoms with Crippen LogP contribution in [0.5, 0.6) is 0 Å². The number of halogens is 2. The zero-order valence-electron chi connectivity index (χ0n) is 11.9. The highest BCUT2D eigenvalue weighted by Gasteiger charge is 2.44. The Labute approximate surface area is 123 Å². The van der Waals surface area contributed by atoms with E-state index in [4.69, 9.17) is 0 Å². The first kappa shape index (κ1) is 14.4. The predicted octanol–water partition coefficient (Wildman–Crippen LogP) is 2.18. The first-order valence-electron chi connectivity index (χ1n) is 7.58. The highest BCUT2D eigenvalue weighted by Crippen LogP contribution is 2.47. The number of hydrogen-bond donors (Lipinski definition) is 2. The summed E-state index contributed by atoms with van der Waals surface area (Å²) in [5.41, 5.74) is 0.716. The average Bonchev–Trinajstić information content (AvgIpc) is 3.29. The molecule has 21 heavy (non-hydrogen) atoms. The summed E-state index contributed by atoms with van der Waals surface area (Å²) in [5.74, 6) is -1.20. The van der Waals surface area contributed by atoms with Crippen molar-refractivity contribution in [3.05, 3.63) is 35.4 Å². The molecule has 3 unspecified atom stereocenters. The van der Waals surface area contributed by atoms with Crippen LogP contribution in [0.3, 0.4) is 0 Å². The summed E-state index contributed by atoms with van der Waals surface area (Å²) in [5, 5.41) is 6.31. The highest BCUT2D eigenvalue weighted by molar-refractivity contribution is 5.82. The van der Waals surface area contributed by atoms with Gasteiger partial charge in [-0.3, -0.25) is 4.79 Å². The minimum absolute atomic E-state index is 0.0320. The molecule has 0 bridgehead atoms. The van der Waals surface area contributed by atoms with Crippen LogP contribution in [0, 0.1) is 23.5 Å². The lowest BCUT2D eigenvalue weighted by Gasteiger charge is -2.22. The second kappa shape index (κ2) is 6.10. The minimum atomic E-state index is -0.842. The number of rotatable bonds is 4. The number of benzene rings is 1. The molecule has 114 valence electrons. The van der Waals surface area contributed by atoms with E-state index >= 15 is 0 Å². The zero-order valence-corrected chi connectivity index (χ0v) is 11.9. The molecule has 5 heteroatoms. The lowest BCUT2D eigenvalue weighted by Crippen LogP contribution is -2.38. The van der Waals surface area contributed by atoms with Gasteiger partial charge in [0, 0.05) is 12.5 Å². The van der Waals surface area contributed by atoms with Gasteiger partial charge in [0.25, 0.3) is 0 Å². The summed E-state index contributed by atoms with van der Waals surface area (Å²) in [7, 11) is 0. The predicted molar refractivity (Wildman–Crippen MR) is 75.8 cm³/mol. The maximum atomic E-state index is 13.2. The Balaban J connectivity index is 1.49. The van der Waals surface area contributed by atoms with Crippen LogP contribution in [0.25, 0.3) is 0 Å². The molecule has 2 fully saturated rings. The Kier molecular flexibility index (Phi) is 4.19. The Morgan fingerprint density at radius 3 is 2.90 bits per heavy atom. The summed E-state index contributed by atoms with van der Waals surface area (Å²) >= 11 is 0. The first-order valence-corrected chi connectivity index (χ1v) is 7.58. The molecule has 3 nitrogen and oxygen atoms in total. The molecule has 1 heterocycles. The number of piperidine rings is 1. The van der Waals surface area contributed by atoms with Crippen LogP contribution in [0.1, 0.15) is 30.7 Å². The van der Waals surface area contributed by atoms with Crippen LogP contribution in [0.4, 0.5) is 8.78 Å². The maximum absolute atomic E-state index is 13.2. The average molecular weight is 294 g/mol. The maximum Gasteiger partial charge on any atom is 0.223 e. The van der Waals surface area contributed by atoms with Gasteiger partial charge in [-0.05, 0) is 61.9 Å². The standard InChI is InChI=1S/C16H20F2N2O/c17-14-4-3-11(6-15(14)18)12-7-13(12)16(21)20-9-10-2-1-5-19-8-10/h3-4,6,10,12-13,19H,1-2,5,7-9H2,(H,20,21).